The van der Waals surface area contributed by atoms with Gasteiger partial charge in [-0.3, -0.25) is 4.79 Å². The van der Waals surface area contributed by atoms with E-state index in [0.29, 0.717) is 13.0 Å². The van der Waals surface area contributed by atoms with Crippen molar-refractivity contribution in [3.8, 4) is 5.75 Å². The molecule has 0 saturated carbocycles. The molecule has 0 aliphatic rings. The second-order valence-corrected chi connectivity index (χ2v) is 5.70. The molecule has 2 heterocycles. The van der Waals surface area contributed by atoms with Gasteiger partial charge in [-0.2, -0.15) is 0 Å². The predicted molar refractivity (Wildman–Crippen MR) is 94.6 cm³/mol. The van der Waals surface area contributed by atoms with E-state index in [4.69, 9.17) is 4.74 Å². The van der Waals surface area contributed by atoms with Gasteiger partial charge in [0, 0.05) is 11.9 Å². The van der Waals surface area contributed by atoms with E-state index < -0.39 is 0 Å². The van der Waals surface area contributed by atoms with Crippen LogP contribution in [0.25, 0.3) is 5.65 Å². The number of anilines is 1. The Hall–Kier alpha value is -2.82. The number of benzene rings is 1. The summed E-state index contributed by atoms with van der Waals surface area (Å²) in [6.45, 7) is 6.56. The minimum Gasteiger partial charge on any atom is -0.494 e. The summed E-state index contributed by atoms with van der Waals surface area (Å²) >= 11 is 0. The monoisotopic (exact) mass is 323 g/mol. The Kier molecular flexibility index (Phi) is 4.51. The quantitative estimate of drug-likeness (QED) is 0.781. The van der Waals surface area contributed by atoms with Crippen molar-refractivity contribution in [3.05, 3.63) is 59.5 Å². The third kappa shape index (κ3) is 3.25. The Balaban J connectivity index is 1.74. The number of nitrogens with zero attached hydrogens (tertiary/aromatic N) is 2. The van der Waals surface area contributed by atoms with Crippen molar-refractivity contribution in [2.45, 2.75) is 27.2 Å². The number of nitrogens with one attached hydrogen (secondary N) is 1. The van der Waals surface area contributed by atoms with E-state index in [9.17, 15) is 4.79 Å². The third-order valence-corrected chi connectivity index (χ3v) is 4.00. The number of aromatic nitrogens is 2. The van der Waals surface area contributed by atoms with Crippen molar-refractivity contribution in [3.63, 3.8) is 0 Å². The molecule has 0 unspecified atom stereocenters. The van der Waals surface area contributed by atoms with Crippen LogP contribution in [0.3, 0.4) is 0 Å². The molecule has 1 N–H and O–H groups in total. The first-order valence-corrected chi connectivity index (χ1v) is 8.04. The summed E-state index contributed by atoms with van der Waals surface area (Å²) in [7, 11) is 0. The highest BCUT2D eigenvalue weighted by Gasteiger charge is 2.11. The molecule has 124 valence electrons. The number of rotatable bonds is 5. The molecule has 0 aliphatic heterocycles. The number of hydrogen-bond donors (Lipinski definition) is 1. The second kappa shape index (κ2) is 6.74. The average Bonchev–Trinajstić information content (AvgIpc) is 2.86. The van der Waals surface area contributed by atoms with Gasteiger partial charge in [-0.15, -0.1) is 0 Å². The molecular weight excluding hydrogens is 302 g/mol. The normalized spacial score (nSPS) is 10.8. The van der Waals surface area contributed by atoms with Gasteiger partial charge in [-0.1, -0.05) is 12.1 Å². The fourth-order valence-electron chi connectivity index (χ4n) is 2.65. The zero-order chi connectivity index (χ0) is 17.1. The van der Waals surface area contributed by atoms with E-state index in [-0.39, 0.29) is 5.91 Å². The minimum absolute atomic E-state index is 0.0643. The minimum atomic E-state index is -0.0643. The van der Waals surface area contributed by atoms with E-state index in [1.54, 1.807) is 0 Å². The zero-order valence-electron chi connectivity index (χ0n) is 14.2. The molecule has 5 heteroatoms. The van der Waals surface area contributed by atoms with E-state index >= 15 is 0 Å². The number of hydrogen-bond acceptors (Lipinski definition) is 3. The molecular formula is C19H21N3O2. The lowest BCUT2D eigenvalue weighted by Gasteiger charge is -2.08. The van der Waals surface area contributed by atoms with Gasteiger partial charge in [-0.05, 0) is 50.6 Å². The molecule has 0 radical (unpaired) electrons. The maximum Gasteiger partial charge on any atom is 0.228 e. The zero-order valence-corrected chi connectivity index (χ0v) is 14.2. The summed E-state index contributed by atoms with van der Waals surface area (Å²) in [6.07, 6.45) is 2.26. The first kappa shape index (κ1) is 16.1. The van der Waals surface area contributed by atoms with Crippen LogP contribution in [0, 0.1) is 13.8 Å². The topological polar surface area (TPSA) is 55.6 Å². The molecule has 0 saturated heterocycles. The van der Waals surface area contributed by atoms with Crippen molar-refractivity contribution in [1.29, 1.82) is 0 Å². The van der Waals surface area contributed by atoms with Crippen LogP contribution < -0.4 is 10.1 Å². The summed E-state index contributed by atoms with van der Waals surface area (Å²) in [6, 6.07) is 11.4. The molecule has 0 aliphatic carbocycles. The van der Waals surface area contributed by atoms with Crippen molar-refractivity contribution in [1.82, 2.24) is 9.38 Å². The van der Waals surface area contributed by atoms with Gasteiger partial charge in [0.1, 0.15) is 5.75 Å². The summed E-state index contributed by atoms with van der Waals surface area (Å²) in [4.78, 5) is 16.9. The Labute approximate surface area is 141 Å². The van der Waals surface area contributed by atoms with Crippen LogP contribution in [0.4, 0.5) is 5.69 Å². The smallest absolute Gasteiger partial charge is 0.228 e. The predicted octanol–water partition coefficient (Wildman–Crippen LogP) is 3.53. The average molecular weight is 323 g/mol. The van der Waals surface area contributed by atoms with Crippen molar-refractivity contribution in [2.24, 2.45) is 0 Å². The van der Waals surface area contributed by atoms with Gasteiger partial charge in [-0.25, -0.2) is 4.98 Å². The van der Waals surface area contributed by atoms with Gasteiger partial charge in [0.2, 0.25) is 5.91 Å². The van der Waals surface area contributed by atoms with Crippen LogP contribution in [0.1, 0.15) is 23.9 Å². The number of fused-ring (bicyclic) bond motifs is 1. The summed E-state index contributed by atoms with van der Waals surface area (Å²) < 4.78 is 7.40. The Morgan fingerprint density at radius 2 is 1.96 bits per heavy atom. The number of carbonyl (C=O) groups is 1. The van der Waals surface area contributed by atoms with Crippen LogP contribution in [0.2, 0.25) is 0 Å². The van der Waals surface area contributed by atoms with Crippen molar-refractivity contribution in [2.75, 3.05) is 11.9 Å². The standard InChI is InChI=1S/C19H21N3O2/c1-4-24-16-9-7-15(8-10-16)12-18(23)21-17-6-5-11-22-14(3)13(2)20-19(17)22/h5-11H,4,12H2,1-3H3,(H,21,23). The molecule has 0 fully saturated rings. The Morgan fingerprint density at radius 3 is 2.67 bits per heavy atom. The number of aryl methyl sites for hydroxylation is 2. The fourth-order valence-corrected chi connectivity index (χ4v) is 2.65. The number of amides is 1. The first-order chi connectivity index (χ1) is 11.6. The number of pyridine rings is 1. The summed E-state index contributed by atoms with van der Waals surface area (Å²) in [5.74, 6) is 0.750. The molecule has 3 aromatic rings. The lowest BCUT2D eigenvalue weighted by atomic mass is 10.1. The first-order valence-electron chi connectivity index (χ1n) is 8.04. The molecule has 1 amide bonds. The molecule has 24 heavy (non-hydrogen) atoms. The van der Waals surface area contributed by atoms with Crippen LogP contribution in [-0.2, 0) is 11.2 Å². The molecule has 2 aromatic heterocycles. The van der Waals surface area contributed by atoms with Crippen molar-refractivity contribution >= 4 is 17.2 Å². The molecule has 0 spiro atoms. The maximum absolute atomic E-state index is 12.3. The van der Waals surface area contributed by atoms with Crippen LogP contribution in [-0.4, -0.2) is 21.9 Å². The molecule has 0 atom stereocenters. The third-order valence-electron chi connectivity index (χ3n) is 4.00. The second-order valence-electron chi connectivity index (χ2n) is 5.70. The van der Waals surface area contributed by atoms with Crippen LogP contribution in [0.15, 0.2) is 42.6 Å². The van der Waals surface area contributed by atoms with Gasteiger partial charge < -0.3 is 14.5 Å². The number of imidazole rings is 1. The highest BCUT2D eigenvalue weighted by molar-refractivity contribution is 5.95. The molecule has 3 rings (SSSR count). The molecule has 1 aromatic carbocycles. The van der Waals surface area contributed by atoms with Gasteiger partial charge in [0.25, 0.3) is 0 Å². The Bertz CT molecular complexity index is 866. The van der Waals surface area contributed by atoms with Crippen LogP contribution in [0.5, 0.6) is 5.75 Å². The largest absolute Gasteiger partial charge is 0.494 e. The Morgan fingerprint density at radius 1 is 1.21 bits per heavy atom. The highest BCUT2D eigenvalue weighted by atomic mass is 16.5. The molecule has 5 nitrogen and oxygen atoms in total. The lowest BCUT2D eigenvalue weighted by molar-refractivity contribution is -0.115. The fraction of sp³-hybridized carbons (Fsp3) is 0.263. The van der Waals surface area contributed by atoms with Crippen LogP contribution >= 0.6 is 0 Å². The maximum atomic E-state index is 12.3. The highest BCUT2D eigenvalue weighted by Crippen LogP contribution is 2.20. The lowest BCUT2D eigenvalue weighted by Crippen LogP contribution is -2.15. The van der Waals surface area contributed by atoms with E-state index in [1.807, 2.05) is 67.8 Å². The SMILES string of the molecule is CCOc1ccc(CC(=O)Nc2cccn3c(C)c(C)nc23)cc1. The van der Waals surface area contributed by atoms with E-state index in [2.05, 4.69) is 10.3 Å². The number of carbonyl (C=O) groups excluding carboxylic acids is 1. The number of ether oxygens (including phenoxy) is 1. The molecule has 0 bridgehead atoms. The van der Waals surface area contributed by atoms with Gasteiger partial charge in [0.15, 0.2) is 5.65 Å². The summed E-state index contributed by atoms with van der Waals surface area (Å²) in [5, 5.41) is 2.96. The van der Waals surface area contributed by atoms with E-state index in [0.717, 1.165) is 34.0 Å². The van der Waals surface area contributed by atoms with Gasteiger partial charge >= 0.3 is 0 Å². The van der Waals surface area contributed by atoms with Crippen molar-refractivity contribution < 1.29 is 9.53 Å². The summed E-state index contributed by atoms with van der Waals surface area (Å²) in [5.41, 5.74) is 4.48. The van der Waals surface area contributed by atoms with Gasteiger partial charge in [0.05, 0.1) is 24.4 Å². The van der Waals surface area contributed by atoms with E-state index in [1.165, 1.54) is 0 Å².